The molecule has 1 atom stereocenters. The second-order valence-electron chi connectivity index (χ2n) is 5.23. The predicted octanol–water partition coefficient (Wildman–Crippen LogP) is 1.99. The van der Waals surface area contributed by atoms with Gasteiger partial charge in [0.1, 0.15) is 11.9 Å². The van der Waals surface area contributed by atoms with E-state index in [1.807, 2.05) is 0 Å². The van der Waals surface area contributed by atoms with Gasteiger partial charge >= 0.3 is 6.18 Å². The van der Waals surface area contributed by atoms with Gasteiger partial charge in [-0.15, -0.1) is 0 Å². The normalized spacial score (nSPS) is 21.5. The van der Waals surface area contributed by atoms with Gasteiger partial charge in [-0.2, -0.15) is 13.2 Å². The molecule has 2 amide bonds. The smallest absolute Gasteiger partial charge is 0.343 e. The van der Waals surface area contributed by atoms with Crippen molar-refractivity contribution in [3.05, 3.63) is 29.3 Å². The lowest BCUT2D eigenvalue weighted by molar-refractivity contribution is -0.137. The number of nitrogens with one attached hydrogen (secondary N) is 1. The average Bonchev–Trinajstić information content (AvgIpc) is 2.75. The molecule has 8 heteroatoms. The number of fused-ring (bicyclic) bond motifs is 1. The average molecular weight is 311 g/mol. The largest absolute Gasteiger partial charge is 0.418 e. The molecule has 0 saturated carbocycles. The van der Waals surface area contributed by atoms with Gasteiger partial charge in [0.2, 0.25) is 11.8 Å². The summed E-state index contributed by atoms with van der Waals surface area (Å²) in [6.07, 6.45) is -4.50. The molecule has 22 heavy (non-hydrogen) atoms. The van der Waals surface area contributed by atoms with Crippen molar-refractivity contribution in [1.82, 2.24) is 10.2 Å². The van der Waals surface area contributed by atoms with Gasteiger partial charge in [-0.05, 0) is 18.6 Å². The first-order chi connectivity index (χ1) is 10.3. The van der Waals surface area contributed by atoms with Crippen LogP contribution in [0.5, 0.6) is 0 Å². The molecule has 0 spiro atoms. The van der Waals surface area contributed by atoms with Crippen molar-refractivity contribution in [3.63, 3.8) is 0 Å². The van der Waals surface area contributed by atoms with Crippen LogP contribution in [-0.4, -0.2) is 28.6 Å². The summed E-state index contributed by atoms with van der Waals surface area (Å²) in [6.45, 7) is 1.64. The van der Waals surface area contributed by atoms with E-state index in [0.29, 0.717) is 11.4 Å². The van der Waals surface area contributed by atoms with Crippen LogP contribution in [0.1, 0.15) is 24.5 Å². The Hall–Kier alpha value is -2.38. The number of para-hydroxylation sites is 1. The summed E-state index contributed by atoms with van der Waals surface area (Å²) in [5.41, 5.74) is -0.531. The highest BCUT2D eigenvalue weighted by Gasteiger charge is 2.40. The lowest BCUT2D eigenvalue weighted by atomic mass is 10.0. The fourth-order valence-electron chi connectivity index (χ4n) is 2.73. The van der Waals surface area contributed by atoms with Crippen molar-refractivity contribution >= 4 is 23.3 Å². The Morgan fingerprint density at radius 1 is 1.32 bits per heavy atom. The van der Waals surface area contributed by atoms with Crippen LogP contribution in [-0.2, 0) is 22.3 Å². The molecule has 0 aromatic heterocycles. The Morgan fingerprint density at radius 2 is 2.05 bits per heavy atom. The van der Waals surface area contributed by atoms with Gasteiger partial charge in [0, 0.05) is 6.54 Å². The summed E-state index contributed by atoms with van der Waals surface area (Å²) in [5.74, 6) is -0.549. The standard InChI is InChI=1S/C14H12F3N3O2/c1-7-18-12-8(3-2-4-9(12)14(15,16)17)6-20(7)10-5-11(21)19-13(10)22/h2-4,10H,5-6H2,1H3,(H,19,21,22). The van der Waals surface area contributed by atoms with Crippen LogP contribution in [0.2, 0.25) is 0 Å². The molecule has 0 aliphatic carbocycles. The fraction of sp³-hybridized carbons (Fsp3) is 0.357. The minimum Gasteiger partial charge on any atom is -0.343 e. The highest BCUT2D eigenvalue weighted by Crippen LogP contribution is 2.40. The summed E-state index contributed by atoms with van der Waals surface area (Å²) < 4.78 is 39.1. The van der Waals surface area contributed by atoms with Crippen LogP contribution in [0.3, 0.4) is 0 Å². The van der Waals surface area contributed by atoms with E-state index >= 15 is 0 Å². The number of alkyl halides is 3. The van der Waals surface area contributed by atoms with Crippen molar-refractivity contribution in [3.8, 4) is 0 Å². The zero-order valence-electron chi connectivity index (χ0n) is 11.6. The van der Waals surface area contributed by atoms with Gasteiger partial charge in [0.25, 0.3) is 0 Å². The summed E-state index contributed by atoms with van der Waals surface area (Å²) >= 11 is 0. The number of rotatable bonds is 1. The van der Waals surface area contributed by atoms with Gasteiger partial charge < -0.3 is 4.90 Å². The number of hydrogen-bond acceptors (Lipinski definition) is 4. The Balaban J connectivity index is 2.00. The van der Waals surface area contributed by atoms with Gasteiger partial charge in [-0.1, -0.05) is 12.1 Å². The first-order valence-electron chi connectivity index (χ1n) is 6.62. The molecule has 2 aliphatic rings. The zero-order chi connectivity index (χ0) is 16.1. The third-order valence-electron chi connectivity index (χ3n) is 3.78. The number of aliphatic imine (C=N–C) groups is 1. The molecule has 0 radical (unpaired) electrons. The summed E-state index contributed by atoms with van der Waals surface area (Å²) in [7, 11) is 0. The van der Waals surface area contributed by atoms with Crippen molar-refractivity contribution in [1.29, 1.82) is 0 Å². The maximum Gasteiger partial charge on any atom is 0.418 e. The first kappa shape index (κ1) is 14.6. The molecule has 2 aliphatic heterocycles. The number of amides is 2. The maximum absolute atomic E-state index is 13.0. The lowest BCUT2D eigenvalue weighted by Crippen LogP contribution is -2.44. The second kappa shape index (κ2) is 4.82. The van der Waals surface area contributed by atoms with E-state index < -0.39 is 29.6 Å². The van der Waals surface area contributed by atoms with Crippen LogP contribution < -0.4 is 5.32 Å². The molecule has 2 heterocycles. The highest BCUT2D eigenvalue weighted by atomic mass is 19.4. The van der Waals surface area contributed by atoms with Crippen LogP contribution in [0, 0.1) is 0 Å². The molecule has 1 aromatic carbocycles. The lowest BCUT2D eigenvalue weighted by Gasteiger charge is -2.33. The Kier molecular flexibility index (Phi) is 3.19. The van der Waals surface area contributed by atoms with Crippen LogP contribution in [0.4, 0.5) is 18.9 Å². The number of carbonyl (C=O) groups excluding carboxylic acids is 2. The molecule has 1 unspecified atom stereocenters. The molecule has 5 nitrogen and oxygen atoms in total. The molecule has 0 bridgehead atoms. The predicted molar refractivity (Wildman–Crippen MR) is 71.3 cm³/mol. The SMILES string of the molecule is CC1=Nc2c(cccc2C(F)(F)F)CN1C1CC(=O)NC1=O. The van der Waals surface area contributed by atoms with E-state index in [2.05, 4.69) is 10.3 Å². The Labute approximate surface area is 123 Å². The molecular formula is C14H12F3N3O2. The van der Waals surface area contributed by atoms with Crippen molar-refractivity contribution in [2.75, 3.05) is 0 Å². The quantitative estimate of drug-likeness (QED) is 0.807. The minimum atomic E-state index is -4.49. The molecule has 3 rings (SSSR count). The van der Waals surface area contributed by atoms with Crippen molar-refractivity contribution < 1.29 is 22.8 Å². The van der Waals surface area contributed by atoms with E-state index in [-0.39, 0.29) is 18.7 Å². The van der Waals surface area contributed by atoms with Crippen molar-refractivity contribution in [2.24, 2.45) is 4.99 Å². The summed E-state index contributed by atoms with van der Waals surface area (Å²) in [6, 6.07) is 3.12. The topological polar surface area (TPSA) is 61.8 Å². The number of carbonyl (C=O) groups is 2. The second-order valence-corrected chi connectivity index (χ2v) is 5.23. The highest BCUT2D eigenvalue weighted by molar-refractivity contribution is 6.07. The van der Waals surface area contributed by atoms with E-state index in [1.165, 1.54) is 13.0 Å². The Bertz CT molecular complexity index is 697. The van der Waals surface area contributed by atoms with E-state index in [1.54, 1.807) is 11.0 Å². The van der Waals surface area contributed by atoms with E-state index in [9.17, 15) is 22.8 Å². The number of halogens is 3. The minimum absolute atomic E-state index is 0.0139. The summed E-state index contributed by atoms with van der Waals surface area (Å²) in [4.78, 5) is 28.6. The van der Waals surface area contributed by atoms with Gasteiger partial charge in [-0.25, -0.2) is 4.99 Å². The van der Waals surface area contributed by atoms with E-state index in [0.717, 1.165) is 6.07 Å². The third kappa shape index (κ3) is 2.34. The summed E-state index contributed by atoms with van der Waals surface area (Å²) in [5, 5.41) is 2.19. The number of nitrogens with zero attached hydrogens (tertiary/aromatic N) is 2. The van der Waals surface area contributed by atoms with Gasteiger partial charge in [0.05, 0.1) is 17.7 Å². The van der Waals surface area contributed by atoms with Crippen LogP contribution in [0.25, 0.3) is 0 Å². The molecule has 1 N–H and O–H groups in total. The first-order valence-corrected chi connectivity index (χ1v) is 6.62. The molecule has 116 valence electrons. The number of benzene rings is 1. The maximum atomic E-state index is 13.0. The Morgan fingerprint density at radius 3 is 2.64 bits per heavy atom. The van der Waals surface area contributed by atoms with Crippen molar-refractivity contribution in [2.45, 2.75) is 32.1 Å². The third-order valence-corrected chi connectivity index (χ3v) is 3.78. The number of amidine groups is 1. The van der Waals surface area contributed by atoms with Crippen LogP contribution >= 0.6 is 0 Å². The zero-order valence-corrected chi connectivity index (χ0v) is 11.6. The molecule has 1 saturated heterocycles. The number of imide groups is 1. The fourth-order valence-corrected chi connectivity index (χ4v) is 2.73. The van der Waals surface area contributed by atoms with Crippen LogP contribution in [0.15, 0.2) is 23.2 Å². The number of hydrogen-bond donors (Lipinski definition) is 1. The van der Waals surface area contributed by atoms with Gasteiger partial charge in [0.15, 0.2) is 0 Å². The molecular weight excluding hydrogens is 299 g/mol. The molecule has 1 fully saturated rings. The van der Waals surface area contributed by atoms with Gasteiger partial charge in [-0.3, -0.25) is 14.9 Å². The monoisotopic (exact) mass is 311 g/mol. The van der Waals surface area contributed by atoms with E-state index in [4.69, 9.17) is 0 Å². The molecule has 1 aromatic rings.